The second-order valence-corrected chi connectivity index (χ2v) is 7.57. The molecule has 5 heteroatoms. The van der Waals surface area contributed by atoms with Crippen molar-refractivity contribution < 1.29 is 9.18 Å². The Hall–Kier alpha value is -1.62. The Morgan fingerprint density at radius 2 is 1.80 bits per heavy atom. The van der Waals surface area contributed by atoms with Gasteiger partial charge < -0.3 is 14.7 Å². The smallest absolute Gasteiger partial charge is 0.227 e. The summed E-state index contributed by atoms with van der Waals surface area (Å²) in [6, 6.07) is 7.17. The molecule has 1 unspecified atom stereocenters. The molecule has 1 atom stereocenters. The van der Waals surface area contributed by atoms with Gasteiger partial charge in [0.2, 0.25) is 5.91 Å². The van der Waals surface area contributed by atoms with Crippen LogP contribution in [0, 0.1) is 11.7 Å². The highest BCUT2D eigenvalue weighted by Gasteiger charge is 2.30. The highest BCUT2D eigenvalue weighted by molar-refractivity contribution is 5.79. The van der Waals surface area contributed by atoms with E-state index in [9.17, 15) is 9.18 Å². The van der Waals surface area contributed by atoms with E-state index < -0.39 is 0 Å². The number of carbonyl (C=O) groups is 1. The Morgan fingerprint density at radius 3 is 2.52 bits per heavy atom. The van der Waals surface area contributed by atoms with Gasteiger partial charge >= 0.3 is 0 Å². The number of likely N-dealkylation sites (tertiary alicyclic amines) is 1. The maximum atomic E-state index is 13.1. The van der Waals surface area contributed by atoms with Gasteiger partial charge in [0.15, 0.2) is 0 Å². The number of amides is 1. The van der Waals surface area contributed by atoms with Crippen molar-refractivity contribution in [1.29, 1.82) is 0 Å². The molecule has 2 heterocycles. The van der Waals surface area contributed by atoms with Crippen molar-refractivity contribution in [2.45, 2.75) is 39.2 Å². The van der Waals surface area contributed by atoms with E-state index in [0.29, 0.717) is 11.9 Å². The van der Waals surface area contributed by atoms with Gasteiger partial charge in [-0.1, -0.05) is 0 Å². The number of carbonyl (C=O) groups excluding carboxylic acids is 1. The summed E-state index contributed by atoms with van der Waals surface area (Å²) >= 11 is 0. The molecule has 2 saturated heterocycles. The molecule has 0 spiro atoms. The zero-order valence-corrected chi connectivity index (χ0v) is 15.5. The van der Waals surface area contributed by atoms with Crippen LogP contribution in [-0.2, 0) is 4.79 Å². The first kappa shape index (κ1) is 18.2. The minimum Gasteiger partial charge on any atom is -0.370 e. The number of rotatable bonds is 3. The first-order valence-electron chi connectivity index (χ1n) is 9.58. The van der Waals surface area contributed by atoms with E-state index in [1.54, 1.807) is 0 Å². The fourth-order valence-electron chi connectivity index (χ4n) is 3.98. The molecule has 0 bridgehead atoms. The predicted molar refractivity (Wildman–Crippen MR) is 99.2 cm³/mol. The third-order valence-electron chi connectivity index (χ3n) is 5.53. The van der Waals surface area contributed by atoms with Crippen molar-refractivity contribution in [2.75, 3.05) is 44.2 Å². The zero-order chi connectivity index (χ0) is 17.8. The molecule has 2 fully saturated rings. The predicted octanol–water partition coefficient (Wildman–Crippen LogP) is 2.98. The van der Waals surface area contributed by atoms with E-state index in [0.717, 1.165) is 64.2 Å². The number of hydrogen-bond acceptors (Lipinski definition) is 3. The molecule has 138 valence electrons. The lowest BCUT2D eigenvalue weighted by Gasteiger charge is -2.36. The number of nitrogens with zero attached hydrogens (tertiary/aromatic N) is 3. The fourth-order valence-corrected chi connectivity index (χ4v) is 3.98. The molecule has 1 aromatic rings. The van der Waals surface area contributed by atoms with Gasteiger partial charge in [-0.25, -0.2) is 4.39 Å². The van der Waals surface area contributed by atoms with Crippen LogP contribution in [0.2, 0.25) is 0 Å². The Balaban J connectivity index is 1.58. The second kappa shape index (κ2) is 8.17. The van der Waals surface area contributed by atoms with Crippen LogP contribution >= 0.6 is 0 Å². The molecule has 1 aromatic carbocycles. The first-order chi connectivity index (χ1) is 12.0. The third kappa shape index (κ3) is 4.51. The standard InChI is InChI=1S/C20H30FN3O/c1-16(2)24-10-3-5-17(15-24)20(25)23-12-4-11-22(13-14-23)19-8-6-18(21)7-9-19/h6-9,16-17H,3-5,10-15H2,1-2H3. The van der Waals surface area contributed by atoms with Gasteiger partial charge in [0.25, 0.3) is 0 Å². The van der Waals surface area contributed by atoms with Gasteiger partial charge in [0.05, 0.1) is 5.92 Å². The summed E-state index contributed by atoms with van der Waals surface area (Å²) in [6.45, 7) is 9.74. The van der Waals surface area contributed by atoms with Crippen molar-refractivity contribution in [1.82, 2.24) is 9.80 Å². The van der Waals surface area contributed by atoms with Crippen molar-refractivity contribution >= 4 is 11.6 Å². The topological polar surface area (TPSA) is 26.8 Å². The molecule has 2 aliphatic rings. The highest BCUT2D eigenvalue weighted by Crippen LogP contribution is 2.22. The second-order valence-electron chi connectivity index (χ2n) is 7.57. The van der Waals surface area contributed by atoms with E-state index in [-0.39, 0.29) is 11.7 Å². The summed E-state index contributed by atoms with van der Waals surface area (Å²) < 4.78 is 13.1. The molecule has 1 amide bonds. The van der Waals surface area contributed by atoms with Crippen LogP contribution in [0.3, 0.4) is 0 Å². The summed E-state index contributed by atoms with van der Waals surface area (Å²) in [5, 5.41) is 0. The SMILES string of the molecule is CC(C)N1CCCC(C(=O)N2CCCN(c3ccc(F)cc3)CC2)C1. The Morgan fingerprint density at radius 1 is 1.04 bits per heavy atom. The lowest BCUT2D eigenvalue weighted by molar-refractivity contribution is -0.137. The molecule has 25 heavy (non-hydrogen) atoms. The van der Waals surface area contributed by atoms with Gasteiger partial charge in [-0.2, -0.15) is 0 Å². The summed E-state index contributed by atoms with van der Waals surface area (Å²) in [5.41, 5.74) is 1.04. The lowest BCUT2D eigenvalue weighted by Crippen LogP contribution is -2.47. The first-order valence-corrected chi connectivity index (χ1v) is 9.58. The van der Waals surface area contributed by atoms with Crippen LogP contribution in [0.4, 0.5) is 10.1 Å². The van der Waals surface area contributed by atoms with Gasteiger partial charge in [0.1, 0.15) is 5.82 Å². The van der Waals surface area contributed by atoms with Crippen molar-refractivity contribution in [3.63, 3.8) is 0 Å². The third-order valence-corrected chi connectivity index (χ3v) is 5.53. The van der Waals surface area contributed by atoms with Gasteiger partial charge in [-0.15, -0.1) is 0 Å². The molecule has 0 radical (unpaired) electrons. The average Bonchev–Trinajstić information content (AvgIpc) is 2.88. The highest BCUT2D eigenvalue weighted by atomic mass is 19.1. The van der Waals surface area contributed by atoms with E-state index in [4.69, 9.17) is 0 Å². The van der Waals surface area contributed by atoms with Crippen molar-refractivity contribution in [3.8, 4) is 0 Å². The summed E-state index contributed by atoms with van der Waals surface area (Å²) in [5.74, 6) is 0.266. The minimum absolute atomic E-state index is 0.147. The molecule has 3 rings (SSSR count). The molecule has 0 aromatic heterocycles. The van der Waals surface area contributed by atoms with Crippen LogP contribution in [0.1, 0.15) is 33.1 Å². The summed E-state index contributed by atoms with van der Waals surface area (Å²) in [4.78, 5) is 19.7. The fraction of sp³-hybridized carbons (Fsp3) is 0.650. The Kier molecular flexibility index (Phi) is 5.94. The summed E-state index contributed by atoms with van der Waals surface area (Å²) in [7, 11) is 0. The van der Waals surface area contributed by atoms with Gasteiger partial charge in [-0.05, 0) is 63.9 Å². The average molecular weight is 347 g/mol. The van der Waals surface area contributed by atoms with Crippen LogP contribution in [0.25, 0.3) is 0 Å². The summed E-state index contributed by atoms with van der Waals surface area (Å²) in [6.07, 6.45) is 3.09. The Labute approximate surface area is 150 Å². The number of piperidine rings is 1. The zero-order valence-electron chi connectivity index (χ0n) is 15.5. The van der Waals surface area contributed by atoms with Crippen molar-refractivity contribution in [3.05, 3.63) is 30.1 Å². The largest absolute Gasteiger partial charge is 0.370 e. The van der Waals surface area contributed by atoms with E-state index in [1.807, 2.05) is 12.1 Å². The molecule has 2 aliphatic heterocycles. The number of halogens is 1. The van der Waals surface area contributed by atoms with Gasteiger partial charge in [-0.3, -0.25) is 4.79 Å². The normalized spacial score (nSPS) is 23.0. The van der Waals surface area contributed by atoms with E-state index >= 15 is 0 Å². The number of hydrogen-bond donors (Lipinski definition) is 0. The van der Waals surface area contributed by atoms with E-state index in [1.165, 1.54) is 12.1 Å². The van der Waals surface area contributed by atoms with Crippen LogP contribution in [0.5, 0.6) is 0 Å². The molecule has 0 aliphatic carbocycles. The molecular formula is C20H30FN3O. The Bertz CT molecular complexity index is 575. The van der Waals surface area contributed by atoms with Crippen LogP contribution in [0.15, 0.2) is 24.3 Å². The van der Waals surface area contributed by atoms with Crippen LogP contribution in [-0.4, -0.2) is 61.0 Å². The molecule has 0 saturated carbocycles. The number of benzene rings is 1. The monoisotopic (exact) mass is 347 g/mol. The minimum atomic E-state index is -0.206. The maximum Gasteiger partial charge on any atom is 0.227 e. The molecule has 4 nitrogen and oxygen atoms in total. The quantitative estimate of drug-likeness (QED) is 0.841. The van der Waals surface area contributed by atoms with Gasteiger partial charge in [0, 0.05) is 44.5 Å². The van der Waals surface area contributed by atoms with Crippen molar-refractivity contribution in [2.24, 2.45) is 5.92 Å². The number of anilines is 1. The van der Waals surface area contributed by atoms with E-state index in [2.05, 4.69) is 28.5 Å². The maximum absolute atomic E-state index is 13.1. The molecular weight excluding hydrogens is 317 g/mol. The van der Waals surface area contributed by atoms with Crippen LogP contribution < -0.4 is 4.90 Å². The lowest BCUT2D eigenvalue weighted by atomic mass is 9.95. The molecule has 0 N–H and O–H groups in total.